The number of hydrogen-bond acceptors (Lipinski definition) is 3. The molecule has 0 heterocycles. The second-order valence-electron chi connectivity index (χ2n) is 4.02. The standard InChI is InChI=1S/C11H24N2O2/c1-4-5-8-15-9-6-7-11(2,13-3)10(12)14/h13H,4-9H2,1-3H3,(H2,12,14). The fourth-order valence-electron chi connectivity index (χ4n) is 1.25. The van der Waals surface area contributed by atoms with Gasteiger partial charge in [0.15, 0.2) is 0 Å². The number of nitrogens with one attached hydrogen (secondary N) is 1. The predicted octanol–water partition coefficient (Wildman–Crippen LogP) is 1.05. The van der Waals surface area contributed by atoms with Crippen LogP contribution in [0.4, 0.5) is 0 Å². The maximum atomic E-state index is 11.1. The summed E-state index contributed by atoms with van der Waals surface area (Å²) in [6.45, 7) is 5.46. The van der Waals surface area contributed by atoms with Crippen LogP contribution in [0.1, 0.15) is 39.5 Å². The molecule has 0 saturated carbocycles. The molecule has 0 aromatic heterocycles. The largest absolute Gasteiger partial charge is 0.381 e. The molecule has 0 aliphatic rings. The molecule has 4 nitrogen and oxygen atoms in total. The molecule has 0 spiro atoms. The Labute approximate surface area is 92.6 Å². The van der Waals surface area contributed by atoms with Crippen molar-refractivity contribution in [2.75, 3.05) is 20.3 Å². The van der Waals surface area contributed by atoms with Gasteiger partial charge in [0.05, 0.1) is 5.54 Å². The Balaban J connectivity index is 3.60. The van der Waals surface area contributed by atoms with Gasteiger partial charge in [-0.1, -0.05) is 13.3 Å². The third-order valence-corrected chi connectivity index (χ3v) is 2.70. The van der Waals surface area contributed by atoms with Crippen molar-refractivity contribution in [3.8, 4) is 0 Å². The van der Waals surface area contributed by atoms with E-state index in [1.807, 2.05) is 6.92 Å². The lowest BCUT2D eigenvalue weighted by Gasteiger charge is -2.25. The van der Waals surface area contributed by atoms with E-state index in [0.29, 0.717) is 13.0 Å². The van der Waals surface area contributed by atoms with E-state index in [2.05, 4.69) is 12.2 Å². The van der Waals surface area contributed by atoms with Gasteiger partial charge in [-0.25, -0.2) is 0 Å². The first kappa shape index (κ1) is 14.4. The SMILES string of the molecule is CCCCOCCCC(C)(NC)C(N)=O. The maximum Gasteiger partial charge on any atom is 0.237 e. The number of nitrogens with two attached hydrogens (primary N) is 1. The molecule has 0 fully saturated rings. The van der Waals surface area contributed by atoms with Crippen molar-refractivity contribution >= 4 is 5.91 Å². The summed E-state index contributed by atoms with van der Waals surface area (Å²) in [7, 11) is 1.75. The molecule has 0 bridgehead atoms. The fourth-order valence-corrected chi connectivity index (χ4v) is 1.25. The van der Waals surface area contributed by atoms with Crippen LogP contribution >= 0.6 is 0 Å². The van der Waals surface area contributed by atoms with E-state index >= 15 is 0 Å². The second kappa shape index (κ2) is 7.65. The first-order valence-corrected chi connectivity index (χ1v) is 5.63. The first-order chi connectivity index (χ1) is 7.06. The second-order valence-corrected chi connectivity index (χ2v) is 4.02. The van der Waals surface area contributed by atoms with Gasteiger partial charge < -0.3 is 15.8 Å². The van der Waals surface area contributed by atoms with Gasteiger partial charge in [0.2, 0.25) is 5.91 Å². The monoisotopic (exact) mass is 216 g/mol. The van der Waals surface area contributed by atoms with Gasteiger partial charge in [-0.05, 0) is 33.2 Å². The van der Waals surface area contributed by atoms with Crippen molar-refractivity contribution in [1.29, 1.82) is 0 Å². The Hall–Kier alpha value is -0.610. The number of primary amides is 1. The summed E-state index contributed by atoms with van der Waals surface area (Å²) >= 11 is 0. The Morgan fingerprint density at radius 2 is 2.00 bits per heavy atom. The van der Waals surface area contributed by atoms with Crippen LogP contribution in [0.3, 0.4) is 0 Å². The van der Waals surface area contributed by atoms with Crippen molar-refractivity contribution < 1.29 is 9.53 Å². The molecule has 90 valence electrons. The number of carbonyl (C=O) groups excluding carboxylic acids is 1. The quantitative estimate of drug-likeness (QED) is 0.566. The molecule has 15 heavy (non-hydrogen) atoms. The number of rotatable bonds is 9. The van der Waals surface area contributed by atoms with Gasteiger partial charge in [0.1, 0.15) is 0 Å². The van der Waals surface area contributed by atoms with Crippen LogP contribution in [-0.4, -0.2) is 31.7 Å². The van der Waals surface area contributed by atoms with Crippen LogP contribution in [0.2, 0.25) is 0 Å². The molecule has 1 unspecified atom stereocenters. The highest BCUT2D eigenvalue weighted by molar-refractivity contribution is 5.84. The van der Waals surface area contributed by atoms with Crippen molar-refractivity contribution in [3.05, 3.63) is 0 Å². The minimum absolute atomic E-state index is 0.307. The van der Waals surface area contributed by atoms with Gasteiger partial charge in [-0.2, -0.15) is 0 Å². The number of unbranched alkanes of at least 4 members (excludes halogenated alkanes) is 1. The third-order valence-electron chi connectivity index (χ3n) is 2.70. The Morgan fingerprint density at radius 3 is 2.47 bits per heavy atom. The Kier molecular flexibility index (Phi) is 7.34. The maximum absolute atomic E-state index is 11.1. The van der Waals surface area contributed by atoms with Crippen molar-refractivity contribution in [2.24, 2.45) is 5.73 Å². The summed E-state index contributed by atoms with van der Waals surface area (Å²) in [6, 6.07) is 0. The number of carbonyl (C=O) groups is 1. The van der Waals surface area contributed by atoms with Crippen molar-refractivity contribution in [1.82, 2.24) is 5.32 Å². The van der Waals surface area contributed by atoms with Gasteiger partial charge >= 0.3 is 0 Å². The molecule has 0 aromatic rings. The van der Waals surface area contributed by atoms with E-state index in [1.165, 1.54) is 0 Å². The summed E-state index contributed by atoms with van der Waals surface area (Å²) in [6.07, 6.45) is 3.81. The predicted molar refractivity (Wildman–Crippen MR) is 61.6 cm³/mol. The van der Waals surface area contributed by atoms with Gasteiger partial charge in [0, 0.05) is 13.2 Å². The van der Waals surface area contributed by atoms with Crippen LogP contribution < -0.4 is 11.1 Å². The third kappa shape index (κ3) is 5.74. The summed E-state index contributed by atoms with van der Waals surface area (Å²) < 4.78 is 5.41. The normalized spacial score (nSPS) is 14.9. The topological polar surface area (TPSA) is 64.3 Å². The highest BCUT2D eigenvalue weighted by atomic mass is 16.5. The van der Waals surface area contributed by atoms with E-state index in [4.69, 9.17) is 10.5 Å². The molecule has 3 N–H and O–H groups in total. The minimum Gasteiger partial charge on any atom is -0.381 e. The van der Waals surface area contributed by atoms with Crippen LogP contribution in [0.25, 0.3) is 0 Å². The minimum atomic E-state index is -0.603. The van der Waals surface area contributed by atoms with Gasteiger partial charge in [0.25, 0.3) is 0 Å². The summed E-state index contributed by atoms with van der Waals surface area (Å²) in [5.41, 5.74) is 4.70. The van der Waals surface area contributed by atoms with E-state index in [9.17, 15) is 4.79 Å². The average Bonchev–Trinajstić information content (AvgIpc) is 2.22. The molecule has 0 aromatic carbocycles. The van der Waals surface area contributed by atoms with Gasteiger partial charge in [-0.3, -0.25) is 4.79 Å². The van der Waals surface area contributed by atoms with E-state index < -0.39 is 5.54 Å². The molecule has 4 heteroatoms. The van der Waals surface area contributed by atoms with Crippen LogP contribution in [0, 0.1) is 0 Å². The summed E-state index contributed by atoms with van der Waals surface area (Å²) in [5.74, 6) is -0.307. The summed E-state index contributed by atoms with van der Waals surface area (Å²) in [5, 5.41) is 2.95. The number of likely N-dealkylation sites (N-methyl/N-ethyl adjacent to an activating group) is 1. The van der Waals surface area contributed by atoms with Crippen molar-refractivity contribution in [3.63, 3.8) is 0 Å². The Morgan fingerprint density at radius 1 is 1.40 bits per heavy atom. The molecule has 0 rings (SSSR count). The highest BCUT2D eigenvalue weighted by Gasteiger charge is 2.27. The molecule has 0 aliphatic carbocycles. The van der Waals surface area contributed by atoms with E-state index in [1.54, 1.807) is 7.05 Å². The zero-order valence-electron chi connectivity index (χ0n) is 10.1. The first-order valence-electron chi connectivity index (χ1n) is 5.63. The highest BCUT2D eigenvalue weighted by Crippen LogP contribution is 2.11. The number of hydrogen-bond donors (Lipinski definition) is 2. The molecule has 1 atom stereocenters. The van der Waals surface area contributed by atoms with Crippen LogP contribution in [0.5, 0.6) is 0 Å². The molecular weight excluding hydrogens is 192 g/mol. The van der Waals surface area contributed by atoms with E-state index in [-0.39, 0.29) is 5.91 Å². The lowest BCUT2D eigenvalue weighted by Crippen LogP contribution is -2.51. The average molecular weight is 216 g/mol. The molecule has 0 radical (unpaired) electrons. The molecule has 0 aliphatic heterocycles. The lowest BCUT2D eigenvalue weighted by atomic mass is 9.95. The van der Waals surface area contributed by atoms with Crippen LogP contribution in [-0.2, 0) is 9.53 Å². The van der Waals surface area contributed by atoms with Crippen molar-refractivity contribution in [2.45, 2.75) is 45.1 Å². The van der Waals surface area contributed by atoms with Crippen LogP contribution in [0.15, 0.2) is 0 Å². The number of amides is 1. The van der Waals surface area contributed by atoms with E-state index in [0.717, 1.165) is 25.9 Å². The smallest absolute Gasteiger partial charge is 0.237 e. The lowest BCUT2D eigenvalue weighted by molar-refractivity contribution is -0.124. The zero-order chi connectivity index (χ0) is 11.7. The fraction of sp³-hybridized carbons (Fsp3) is 0.909. The van der Waals surface area contributed by atoms with Gasteiger partial charge in [-0.15, -0.1) is 0 Å². The Bertz CT molecular complexity index is 185. The molecular formula is C11H24N2O2. The summed E-state index contributed by atoms with van der Waals surface area (Å²) in [4.78, 5) is 11.1. The zero-order valence-corrected chi connectivity index (χ0v) is 10.1. The molecule has 0 saturated heterocycles. The number of ether oxygens (including phenoxy) is 1. The molecule has 1 amide bonds.